The molecule has 2 aromatic carbocycles. The highest BCUT2D eigenvalue weighted by Gasteiger charge is 2.22. The lowest BCUT2D eigenvalue weighted by Crippen LogP contribution is -2.38. The summed E-state index contributed by atoms with van der Waals surface area (Å²) in [5.74, 6) is 0.817. The lowest BCUT2D eigenvalue weighted by atomic mass is 9.95. The fourth-order valence-corrected chi connectivity index (χ4v) is 4.38. The summed E-state index contributed by atoms with van der Waals surface area (Å²) in [6, 6.07) is 21.4. The van der Waals surface area contributed by atoms with Crippen molar-refractivity contribution in [1.82, 2.24) is 9.88 Å². The maximum atomic E-state index is 4.94. The van der Waals surface area contributed by atoms with Gasteiger partial charge in [-0.25, -0.2) is 4.98 Å². The average Bonchev–Trinajstić information content (AvgIpc) is 2.78. The molecule has 4 rings (SSSR count). The van der Waals surface area contributed by atoms with Gasteiger partial charge in [-0.3, -0.25) is 0 Å². The molecule has 0 N–H and O–H groups in total. The molecule has 0 atom stereocenters. The summed E-state index contributed by atoms with van der Waals surface area (Å²) in [5.41, 5.74) is 4.68. The topological polar surface area (TPSA) is 19.4 Å². The number of benzene rings is 2. The molecule has 0 radical (unpaired) electrons. The number of pyridine rings is 1. The number of aromatic nitrogens is 1. The van der Waals surface area contributed by atoms with Crippen molar-refractivity contribution in [3.8, 4) is 11.3 Å². The third kappa shape index (κ3) is 5.46. The van der Waals surface area contributed by atoms with Crippen LogP contribution in [0.1, 0.15) is 26.7 Å². The Morgan fingerprint density at radius 1 is 0.900 bits per heavy atom. The van der Waals surface area contributed by atoms with Gasteiger partial charge in [0.25, 0.3) is 0 Å². The zero-order valence-electron chi connectivity index (χ0n) is 18.0. The summed E-state index contributed by atoms with van der Waals surface area (Å²) in [4.78, 5) is 10.1. The Labute approximate surface area is 193 Å². The third-order valence-corrected chi connectivity index (χ3v) is 6.13. The van der Waals surface area contributed by atoms with Gasteiger partial charge in [0.2, 0.25) is 0 Å². The van der Waals surface area contributed by atoms with Gasteiger partial charge in [0.15, 0.2) is 0 Å². The molecule has 2 heterocycles. The highest BCUT2D eigenvalue weighted by molar-refractivity contribution is 5.94. The molecule has 3 nitrogen and oxygen atoms in total. The SMILES string of the molecule is CCN(CC)CC1CCN(c2cc(-c3ccccc3)nc3ccccc23)CC1.Cl.Cl. The second-order valence-corrected chi connectivity index (χ2v) is 7.83. The van der Waals surface area contributed by atoms with E-state index in [4.69, 9.17) is 4.98 Å². The number of nitrogens with zero attached hydrogens (tertiary/aromatic N) is 3. The summed E-state index contributed by atoms with van der Waals surface area (Å²) < 4.78 is 0. The highest BCUT2D eigenvalue weighted by Crippen LogP contribution is 2.33. The first kappa shape index (κ1) is 24.5. The Balaban J connectivity index is 0.00000160. The molecule has 162 valence electrons. The van der Waals surface area contributed by atoms with Crippen LogP contribution in [0, 0.1) is 5.92 Å². The molecule has 1 saturated heterocycles. The van der Waals surface area contributed by atoms with Crippen LogP contribution in [0.2, 0.25) is 0 Å². The predicted octanol–water partition coefficient (Wildman–Crippen LogP) is 6.30. The van der Waals surface area contributed by atoms with E-state index in [2.05, 4.69) is 84.3 Å². The van der Waals surface area contributed by atoms with Gasteiger partial charge in [-0.15, -0.1) is 24.8 Å². The van der Waals surface area contributed by atoms with Gasteiger partial charge in [0.1, 0.15) is 0 Å². The molecule has 5 heteroatoms. The summed E-state index contributed by atoms with van der Waals surface area (Å²) in [5, 5.41) is 1.27. The average molecular weight is 446 g/mol. The van der Waals surface area contributed by atoms with E-state index in [1.165, 1.54) is 36.0 Å². The lowest BCUT2D eigenvalue weighted by molar-refractivity contribution is 0.229. The third-order valence-electron chi connectivity index (χ3n) is 6.13. The van der Waals surface area contributed by atoms with Crippen LogP contribution in [-0.2, 0) is 0 Å². The van der Waals surface area contributed by atoms with E-state index in [-0.39, 0.29) is 24.8 Å². The van der Waals surface area contributed by atoms with Crippen molar-refractivity contribution in [2.45, 2.75) is 26.7 Å². The minimum absolute atomic E-state index is 0. The van der Waals surface area contributed by atoms with Crippen molar-refractivity contribution in [3.63, 3.8) is 0 Å². The molecular weight excluding hydrogens is 413 g/mol. The molecule has 0 aliphatic carbocycles. The molecule has 0 amide bonds. The standard InChI is InChI=1S/C25H31N3.2ClH/c1-3-27(4-2)19-20-14-16-28(17-15-20)25-18-24(21-10-6-5-7-11-21)26-23-13-9-8-12-22(23)25;;/h5-13,18,20H,3-4,14-17,19H2,1-2H3;2*1H. The van der Waals surface area contributed by atoms with E-state index in [1.807, 2.05) is 0 Å². The van der Waals surface area contributed by atoms with Crippen LogP contribution in [0.5, 0.6) is 0 Å². The molecule has 30 heavy (non-hydrogen) atoms. The summed E-state index contributed by atoms with van der Waals surface area (Å²) >= 11 is 0. The van der Waals surface area contributed by atoms with Crippen LogP contribution in [0.4, 0.5) is 5.69 Å². The van der Waals surface area contributed by atoms with Crippen molar-refractivity contribution >= 4 is 41.4 Å². The number of hydrogen-bond acceptors (Lipinski definition) is 3. The number of piperidine rings is 1. The normalized spacial score (nSPS) is 14.4. The number of fused-ring (bicyclic) bond motifs is 1. The van der Waals surface area contributed by atoms with Gasteiger partial charge in [0, 0.05) is 36.3 Å². The van der Waals surface area contributed by atoms with Crippen LogP contribution < -0.4 is 4.90 Å². The van der Waals surface area contributed by atoms with Gasteiger partial charge >= 0.3 is 0 Å². The molecule has 0 saturated carbocycles. The summed E-state index contributed by atoms with van der Waals surface area (Å²) in [6.45, 7) is 10.4. The number of rotatable bonds is 6. The Hall–Kier alpha value is -1.81. The Kier molecular flexibility index (Phi) is 9.41. The maximum Gasteiger partial charge on any atom is 0.0730 e. The first-order valence-electron chi connectivity index (χ1n) is 10.7. The number of hydrogen-bond donors (Lipinski definition) is 0. The Morgan fingerprint density at radius 3 is 2.20 bits per heavy atom. The fourth-order valence-electron chi connectivity index (χ4n) is 4.38. The molecule has 0 unspecified atom stereocenters. The van der Waals surface area contributed by atoms with Crippen molar-refractivity contribution in [2.24, 2.45) is 5.92 Å². The molecular formula is C25H33Cl2N3. The molecule has 1 aromatic heterocycles. The number of para-hydroxylation sites is 1. The first-order valence-corrected chi connectivity index (χ1v) is 10.7. The maximum absolute atomic E-state index is 4.94. The van der Waals surface area contributed by atoms with Gasteiger partial charge in [0.05, 0.1) is 11.2 Å². The van der Waals surface area contributed by atoms with Crippen LogP contribution in [0.25, 0.3) is 22.2 Å². The molecule has 1 fully saturated rings. The Bertz CT molecular complexity index is 905. The van der Waals surface area contributed by atoms with Crippen LogP contribution in [0.3, 0.4) is 0 Å². The van der Waals surface area contributed by atoms with Crippen molar-refractivity contribution in [2.75, 3.05) is 37.6 Å². The van der Waals surface area contributed by atoms with E-state index in [0.29, 0.717) is 0 Å². The molecule has 0 bridgehead atoms. The largest absolute Gasteiger partial charge is 0.371 e. The summed E-state index contributed by atoms with van der Waals surface area (Å²) in [6.07, 6.45) is 2.54. The van der Waals surface area contributed by atoms with E-state index >= 15 is 0 Å². The van der Waals surface area contributed by atoms with Crippen molar-refractivity contribution in [1.29, 1.82) is 0 Å². The van der Waals surface area contributed by atoms with Gasteiger partial charge in [-0.1, -0.05) is 62.4 Å². The van der Waals surface area contributed by atoms with E-state index in [9.17, 15) is 0 Å². The monoisotopic (exact) mass is 445 g/mol. The lowest BCUT2D eigenvalue weighted by Gasteiger charge is -2.36. The second-order valence-electron chi connectivity index (χ2n) is 7.83. The zero-order chi connectivity index (χ0) is 19.3. The molecule has 3 aromatic rings. The second kappa shape index (κ2) is 11.5. The molecule has 1 aliphatic heterocycles. The first-order chi connectivity index (χ1) is 13.8. The number of anilines is 1. The highest BCUT2D eigenvalue weighted by atomic mass is 35.5. The van der Waals surface area contributed by atoms with Crippen molar-refractivity contribution in [3.05, 3.63) is 60.7 Å². The fraction of sp³-hybridized carbons (Fsp3) is 0.400. The van der Waals surface area contributed by atoms with E-state index in [1.54, 1.807) is 0 Å². The van der Waals surface area contributed by atoms with Gasteiger partial charge < -0.3 is 9.80 Å². The summed E-state index contributed by atoms with van der Waals surface area (Å²) in [7, 11) is 0. The smallest absolute Gasteiger partial charge is 0.0730 e. The quantitative estimate of drug-likeness (QED) is 0.443. The molecule has 0 spiro atoms. The minimum atomic E-state index is 0. The van der Waals surface area contributed by atoms with Gasteiger partial charge in [-0.05, 0) is 44.0 Å². The predicted molar refractivity (Wildman–Crippen MR) is 134 cm³/mol. The van der Waals surface area contributed by atoms with E-state index in [0.717, 1.165) is 43.3 Å². The number of halogens is 2. The van der Waals surface area contributed by atoms with Gasteiger partial charge in [-0.2, -0.15) is 0 Å². The zero-order valence-corrected chi connectivity index (χ0v) is 19.6. The van der Waals surface area contributed by atoms with Crippen LogP contribution >= 0.6 is 24.8 Å². The minimum Gasteiger partial charge on any atom is -0.371 e. The van der Waals surface area contributed by atoms with E-state index < -0.39 is 0 Å². The van der Waals surface area contributed by atoms with Crippen LogP contribution in [-0.4, -0.2) is 42.6 Å². The van der Waals surface area contributed by atoms with Crippen molar-refractivity contribution < 1.29 is 0 Å². The Morgan fingerprint density at radius 2 is 1.53 bits per heavy atom. The molecule has 1 aliphatic rings. The van der Waals surface area contributed by atoms with Crippen LogP contribution in [0.15, 0.2) is 60.7 Å².